The Morgan fingerprint density at radius 1 is 1.03 bits per heavy atom. The molecule has 1 N–H and O–H groups in total. The number of rotatable bonds is 4. The van der Waals surface area contributed by atoms with E-state index in [9.17, 15) is 27.6 Å². The van der Waals surface area contributed by atoms with Crippen molar-refractivity contribution in [2.45, 2.75) is 69.6 Å². The lowest BCUT2D eigenvalue weighted by Crippen LogP contribution is -2.66. The fraction of sp³-hybridized carbons (Fsp3) is 0.522. The molecule has 4 rings (SSSR count). The maximum atomic E-state index is 14.6. The number of benzene rings is 1. The first-order valence-corrected chi connectivity index (χ1v) is 10.8. The van der Waals surface area contributed by atoms with Gasteiger partial charge in [0.1, 0.15) is 0 Å². The van der Waals surface area contributed by atoms with E-state index in [1.54, 1.807) is 30.3 Å². The highest BCUT2D eigenvalue weighted by Crippen LogP contribution is 2.49. The lowest BCUT2D eigenvalue weighted by molar-refractivity contribution is -0.195. The van der Waals surface area contributed by atoms with Crippen LogP contribution in [0.3, 0.4) is 0 Å². The van der Waals surface area contributed by atoms with Crippen LogP contribution in [0.15, 0.2) is 41.6 Å². The Morgan fingerprint density at radius 3 is 2.35 bits per heavy atom. The highest BCUT2D eigenvalue weighted by Gasteiger charge is 2.71. The Morgan fingerprint density at radius 2 is 1.71 bits per heavy atom. The normalized spacial score (nSPS) is 25.1. The van der Waals surface area contributed by atoms with Crippen LogP contribution in [0.5, 0.6) is 0 Å². The number of nitrogens with one attached hydrogen (secondary N) is 1. The molecule has 1 saturated carbocycles. The Kier molecular flexibility index (Phi) is 5.66. The first-order valence-electron chi connectivity index (χ1n) is 10.8. The van der Waals surface area contributed by atoms with Gasteiger partial charge in [0.25, 0.3) is 5.91 Å². The number of Topliss-reactive ketones (excluding diaryl/α,β-unsaturated/α-hetero) is 1. The van der Waals surface area contributed by atoms with Gasteiger partial charge < -0.3 is 10.2 Å². The second-order valence-electron chi connectivity index (χ2n) is 8.55. The third kappa shape index (κ3) is 3.66. The Hall–Kier alpha value is -2.64. The topological polar surface area (TPSA) is 66.5 Å². The molecule has 1 fully saturated rings. The van der Waals surface area contributed by atoms with Crippen molar-refractivity contribution < 1.29 is 27.6 Å². The number of allylic oxidation sites excluding steroid dienone is 1. The monoisotopic (exact) mass is 434 g/mol. The van der Waals surface area contributed by atoms with Crippen molar-refractivity contribution in [3.8, 4) is 0 Å². The van der Waals surface area contributed by atoms with E-state index >= 15 is 0 Å². The second kappa shape index (κ2) is 8.13. The number of halogens is 3. The summed E-state index contributed by atoms with van der Waals surface area (Å²) in [6.45, 7) is -0.0804. The summed E-state index contributed by atoms with van der Waals surface area (Å²) in [5.41, 5.74) is -3.15. The Labute approximate surface area is 178 Å². The highest BCUT2D eigenvalue weighted by atomic mass is 19.4. The summed E-state index contributed by atoms with van der Waals surface area (Å²) in [6, 6.07) is 8.67. The number of carbonyl (C=O) groups excluding carboxylic acids is 3. The first-order chi connectivity index (χ1) is 14.8. The molecule has 0 saturated heterocycles. The van der Waals surface area contributed by atoms with Gasteiger partial charge in [-0.2, -0.15) is 13.2 Å². The molecule has 0 spiro atoms. The van der Waals surface area contributed by atoms with Gasteiger partial charge in [-0.25, -0.2) is 0 Å². The number of alkyl halides is 3. The van der Waals surface area contributed by atoms with Crippen molar-refractivity contribution >= 4 is 17.6 Å². The van der Waals surface area contributed by atoms with Crippen LogP contribution in [0, 0.1) is 5.92 Å². The fourth-order valence-corrected chi connectivity index (χ4v) is 4.99. The van der Waals surface area contributed by atoms with Crippen LogP contribution in [0.25, 0.3) is 0 Å². The molecule has 0 radical (unpaired) electrons. The number of ketones is 1. The molecule has 1 heterocycles. The van der Waals surface area contributed by atoms with E-state index in [1.807, 2.05) is 0 Å². The quantitative estimate of drug-likeness (QED) is 0.778. The van der Waals surface area contributed by atoms with Crippen LogP contribution in [0.1, 0.15) is 56.9 Å². The molecule has 8 heteroatoms. The summed E-state index contributed by atoms with van der Waals surface area (Å²) in [7, 11) is 0. The van der Waals surface area contributed by atoms with Crippen LogP contribution in [-0.2, 0) is 20.9 Å². The summed E-state index contributed by atoms with van der Waals surface area (Å²) in [5.74, 6) is -3.37. The minimum Gasteiger partial charge on any atom is -0.330 e. The third-order valence-electron chi connectivity index (χ3n) is 6.55. The third-order valence-corrected chi connectivity index (χ3v) is 6.55. The van der Waals surface area contributed by atoms with E-state index < -0.39 is 40.8 Å². The molecule has 2 aliphatic carbocycles. The summed E-state index contributed by atoms with van der Waals surface area (Å²) in [4.78, 5) is 40.1. The van der Waals surface area contributed by atoms with Crippen molar-refractivity contribution in [1.82, 2.24) is 10.2 Å². The largest absolute Gasteiger partial charge is 0.425 e. The predicted molar refractivity (Wildman–Crippen MR) is 106 cm³/mol. The molecule has 166 valence electrons. The van der Waals surface area contributed by atoms with Crippen molar-refractivity contribution in [3.05, 3.63) is 47.2 Å². The number of hydrogen-bond donors (Lipinski definition) is 1. The van der Waals surface area contributed by atoms with Gasteiger partial charge in [-0.05, 0) is 31.2 Å². The molecule has 3 aliphatic rings. The molecule has 31 heavy (non-hydrogen) atoms. The molecule has 0 unspecified atom stereocenters. The van der Waals surface area contributed by atoms with E-state index in [4.69, 9.17) is 0 Å². The predicted octanol–water partition coefficient (Wildman–Crippen LogP) is 4.03. The van der Waals surface area contributed by atoms with E-state index in [0.717, 1.165) is 24.2 Å². The maximum Gasteiger partial charge on any atom is 0.425 e. The summed E-state index contributed by atoms with van der Waals surface area (Å²) >= 11 is 0. The van der Waals surface area contributed by atoms with E-state index in [2.05, 4.69) is 5.32 Å². The Bertz CT molecular complexity index is 920. The minimum absolute atomic E-state index is 0.0670. The minimum atomic E-state index is -5.13. The molecule has 1 atom stereocenters. The summed E-state index contributed by atoms with van der Waals surface area (Å²) < 4.78 is 43.8. The zero-order chi connectivity index (χ0) is 22.2. The van der Waals surface area contributed by atoms with Crippen LogP contribution in [0.4, 0.5) is 13.2 Å². The summed E-state index contributed by atoms with van der Waals surface area (Å²) in [6.07, 6.45) is -1.20. The lowest BCUT2D eigenvalue weighted by Gasteiger charge is -2.35. The molecule has 1 aromatic rings. The standard InChI is InChI=1S/C23H25F3N2O3/c24-23(25,26)22(27-20(30)16-10-5-2-6-11-16)19-17(12-7-13-18(19)29)28(21(22)31)14-15-8-3-1-4-9-15/h1,3-4,8-9,16H,2,5-7,10-14H2,(H,27,30)/t22-/m1/s1. The van der Waals surface area contributed by atoms with Crippen LogP contribution in [-0.4, -0.2) is 34.2 Å². The van der Waals surface area contributed by atoms with Gasteiger partial charge in [0.15, 0.2) is 5.78 Å². The van der Waals surface area contributed by atoms with Crippen LogP contribution in [0.2, 0.25) is 0 Å². The van der Waals surface area contributed by atoms with Gasteiger partial charge in [-0.15, -0.1) is 0 Å². The van der Waals surface area contributed by atoms with Crippen molar-refractivity contribution in [2.75, 3.05) is 0 Å². The average molecular weight is 434 g/mol. The second-order valence-corrected chi connectivity index (χ2v) is 8.55. The van der Waals surface area contributed by atoms with Gasteiger partial charge >= 0.3 is 6.18 Å². The van der Waals surface area contributed by atoms with Gasteiger partial charge in [0, 0.05) is 18.0 Å². The SMILES string of the molecule is O=C1CCCC2=C1[C@](NC(=O)C1CCCCC1)(C(F)(F)F)C(=O)N2Cc1ccccc1. The molecule has 0 bridgehead atoms. The van der Waals surface area contributed by atoms with Crippen molar-refractivity contribution in [3.63, 3.8) is 0 Å². The maximum absolute atomic E-state index is 14.6. The van der Waals surface area contributed by atoms with Gasteiger partial charge in [-0.1, -0.05) is 49.6 Å². The zero-order valence-corrected chi connectivity index (χ0v) is 17.1. The van der Waals surface area contributed by atoms with Crippen LogP contribution < -0.4 is 5.32 Å². The molecule has 0 aromatic heterocycles. The molecule has 5 nitrogen and oxygen atoms in total. The average Bonchev–Trinajstić information content (AvgIpc) is 2.99. The van der Waals surface area contributed by atoms with Crippen molar-refractivity contribution in [2.24, 2.45) is 5.92 Å². The van der Waals surface area contributed by atoms with Crippen molar-refractivity contribution in [1.29, 1.82) is 0 Å². The number of carbonyl (C=O) groups is 3. The molecule has 1 aromatic carbocycles. The number of amides is 2. The van der Waals surface area contributed by atoms with Gasteiger partial charge in [-0.3, -0.25) is 14.4 Å². The van der Waals surface area contributed by atoms with Gasteiger partial charge in [0.2, 0.25) is 11.4 Å². The van der Waals surface area contributed by atoms with Gasteiger partial charge in [0.05, 0.1) is 12.1 Å². The molecular formula is C23H25F3N2O3. The molecule has 2 amide bonds. The smallest absolute Gasteiger partial charge is 0.330 e. The fourth-order valence-electron chi connectivity index (χ4n) is 4.99. The Balaban J connectivity index is 1.77. The van der Waals surface area contributed by atoms with E-state index in [1.165, 1.54) is 0 Å². The number of hydrogen-bond acceptors (Lipinski definition) is 3. The van der Waals surface area contributed by atoms with E-state index in [-0.39, 0.29) is 25.1 Å². The molecule has 1 aliphatic heterocycles. The first kappa shape index (κ1) is 21.6. The molecular weight excluding hydrogens is 409 g/mol. The summed E-state index contributed by atoms with van der Waals surface area (Å²) in [5, 5.41) is 2.06. The van der Waals surface area contributed by atoms with Crippen LogP contribution >= 0.6 is 0 Å². The highest BCUT2D eigenvalue weighted by molar-refractivity contribution is 6.13. The number of nitrogens with zero attached hydrogens (tertiary/aromatic N) is 1. The lowest BCUT2D eigenvalue weighted by atomic mass is 9.80. The van der Waals surface area contributed by atoms with E-state index in [0.29, 0.717) is 24.8 Å². The zero-order valence-electron chi connectivity index (χ0n) is 17.1.